The first-order valence-corrected chi connectivity index (χ1v) is 11.3. The molecule has 0 radical (unpaired) electrons. The summed E-state index contributed by atoms with van der Waals surface area (Å²) in [7, 11) is 0. The van der Waals surface area contributed by atoms with Gasteiger partial charge in [-0.3, -0.25) is 4.57 Å². The number of nitrogens with one attached hydrogen (secondary N) is 1. The molecule has 8 heteroatoms. The van der Waals surface area contributed by atoms with E-state index in [0.717, 1.165) is 43.4 Å². The summed E-state index contributed by atoms with van der Waals surface area (Å²) in [6.07, 6.45) is 0. The second-order valence-corrected chi connectivity index (χ2v) is 9.01. The maximum atomic E-state index is 6.58. The number of rotatable bonds is 5. The van der Waals surface area contributed by atoms with E-state index >= 15 is 0 Å². The molecule has 1 aromatic heterocycles. The van der Waals surface area contributed by atoms with Crippen LogP contribution in [0.4, 0.5) is 0 Å². The van der Waals surface area contributed by atoms with Gasteiger partial charge in [0.1, 0.15) is 13.1 Å². The summed E-state index contributed by atoms with van der Waals surface area (Å²) in [5, 5.41) is 6.07. The van der Waals surface area contributed by atoms with E-state index < -0.39 is 0 Å². The summed E-state index contributed by atoms with van der Waals surface area (Å²) >= 11 is 18.6. The Morgan fingerprint density at radius 3 is 2.57 bits per heavy atom. The predicted molar refractivity (Wildman–Crippen MR) is 123 cm³/mol. The van der Waals surface area contributed by atoms with Gasteiger partial charge in [-0.25, -0.2) is 0 Å². The van der Waals surface area contributed by atoms with Crippen LogP contribution in [0.2, 0.25) is 10.0 Å². The quantitative estimate of drug-likeness (QED) is 0.570. The number of nitrogens with zero attached hydrogens (tertiary/aromatic N) is 3. The van der Waals surface area contributed by atoms with Gasteiger partial charge < -0.3 is 9.64 Å². The Balaban J connectivity index is 1.90. The molecule has 0 saturated carbocycles. The number of benzene rings is 2. The van der Waals surface area contributed by atoms with Gasteiger partial charge in [0.2, 0.25) is 4.77 Å². The van der Waals surface area contributed by atoms with E-state index in [2.05, 4.69) is 32.0 Å². The lowest BCUT2D eigenvalue weighted by Crippen LogP contribution is -3.13. The van der Waals surface area contributed by atoms with Crippen LogP contribution in [0.1, 0.15) is 25.3 Å². The molecule has 0 amide bonds. The summed E-state index contributed by atoms with van der Waals surface area (Å²) in [4.78, 5) is 1.40. The molecule has 1 saturated heterocycles. The van der Waals surface area contributed by atoms with Gasteiger partial charge in [-0.2, -0.15) is 4.68 Å². The first kappa shape index (κ1) is 21.5. The molecular weight excluding hydrogens is 439 g/mol. The normalized spacial score (nSPS) is 15.1. The lowest BCUT2D eigenvalue weighted by Gasteiger charge is -2.23. The second-order valence-electron chi connectivity index (χ2n) is 7.80. The highest BCUT2D eigenvalue weighted by Crippen LogP contribution is 2.33. The highest BCUT2D eigenvalue weighted by atomic mass is 35.5. The van der Waals surface area contributed by atoms with Crippen LogP contribution in [0.3, 0.4) is 0 Å². The van der Waals surface area contributed by atoms with Crippen molar-refractivity contribution in [2.75, 3.05) is 26.3 Å². The van der Waals surface area contributed by atoms with Crippen LogP contribution in [-0.2, 0) is 11.4 Å². The topological polar surface area (TPSA) is 36.4 Å². The molecule has 0 spiro atoms. The molecule has 0 aliphatic carbocycles. The predicted octanol–water partition coefficient (Wildman–Crippen LogP) is 4.37. The van der Waals surface area contributed by atoms with Crippen molar-refractivity contribution < 1.29 is 9.64 Å². The molecule has 0 unspecified atom stereocenters. The van der Waals surface area contributed by atoms with E-state index in [9.17, 15) is 0 Å². The summed E-state index contributed by atoms with van der Waals surface area (Å²) in [5.74, 6) is 1.06. The van der Waals surface area contributed by atoms with Crippen molar-refractivity contribution in [2.45, 2.75) is 26.4 Å². The lowest BCUT2D eigenvalue weighted by atomic mass is 10.0. The lowest BCUT2D eigenvalue weighted by molar-refractivity contribution is -0.930. The molecule has 30 heavy (non-hydrogen) atoms. The Hall–Kier alpha value is -1.70. The first-order chi connectivity index (χ1) is 14.5. The van der Waals surface area contributed by atoms with Crippen LogP contribution in [0.25, 0.3) is 17.1 Å². The number of hydrogen-bond donors (Lipinski definition) is 1. The van der Waals surface area contributed by atoms with Gasteiger partial charge in [0.25, 0.3) is 0 Å². The number of aromatic nitrogens is 3. The molecule has 5 nitrogen and oxygen atoms in total. The van der Waals surface area contributed by atoms with Crippen molar-refractivity contribution in [1.82, 2.24) is 14.3 Å². The maximum absolute atomic E-state index is 6.58. The number of halogens is 2. The number of quaternary nitrogens is 1. The third-order valence-corrected chi connectivity index (χ3v) is 6.33. The fourth-order valence-corrected chi connectivity index (χ4v) is 4.57. The summed E-state index contributed by atoms with van der Waals surface area (Å²) in [5.41, 5.74) is 3.04. The zero-order chi connectivity index (χ0) is 21.3. The van der Waals surface area contributed by atoms with Gasteiger partial charge in [0.05, 0.1) is 23.9 Å². The van der Waals surface area contributed by atoms with Gasteiger partial charge in [-0.1, -0.05) is 55.2 Å². The Bertz CT molecular complexity index is 1100. The Labute approximate surface area is 191 Å². The van der Waals surface area contributed by atoms with Gasteiger partial charge >= 0.3 is 0 Å². The number of morpholine rings is 1. The molecule has 1 fully saturated rings. The molecule has 158 valence electrons. The number of para-hydroxylation sites is 1. The van der Waals surface area contributed by atoms with Crippen molar-refractivity contribution in [2.24, 2.45) is 0 Å². The van der Waals surface area contributed by atoms with E-state index in [4.69, 9.17) is 45.3 Å². The highest BCUT2D eigenvalue weighted by Gasteiger charge is 2.22. The average Bonchev–Trinajstić information content (AvgIpc) is 3.04. The number of hydrogen-bond acceptors (Lipinski definition) is 3. The molecule has 1 N–H and O–H groups in total. The SMILES string of the molecule is CC(C)c1ccccc1-n1c(-c2ccc(Cl)cc2Cl)nn(C[NH+]2CCOCC2)c1=S. The largest absolute Gasteiger partial charge is 0.370 e. The molecule has 1 aliphatic rings. The molecule has 2 heterocycles. The van der Waals surface area contributed by atoms with Gasteiger partial charge in [-0.05, 0) is 48.0 Å². The molecule has 2 aromatic carbocycles. The minimum Gasteiger partial charge on any atom is -0.370 e. The molecule has 0 atom stereocenters. The average molecular weight is 464 g/mol. The third-order valence-electron chi connectivity index (χ3n) is 5.38. The van der Waals surface area contributed by atoms with Gasteiger partial charge in [0, 0.05) is 10.6 Å². The number of ether oxygens (including phenoxy) is 1. The standard InChI is InChI=1S/C22H24Cl2N4OS/c1-15(2)17-5-3-4-6-20(17)28-21(18-8-7-16(23)13-19(18)24)25-27(22(28)30)14-26-9-11-29-12-10-26/h3-8,13,15H,9-12,14H2,1-2H3/p+1. The van der Waals surface area contributed by atoms with Crippen molar-refractivity contribution in [3.05, 3.63) is 62.8 Å². The van der Waals surface area contributed by atoms with Crippen LogP contribution in [0, 0.1) is 4.77 Å². The third kappa shape index (κ3) is 4.34. The summed E-state index contributed by atoms with van der Waals surface area (Å²) in [6, 6.07) is 13.8. The molecular formula is C22H25Cl2N4OS+. The van der Waals surface area contributed by atoms with Crippen molar-refractivity contribution in [3.8, 4) is 17.1 Å². The van der Waals surface area contributed by atoms with Crippen LogP contribution in [-0.4, -0.2) is 40.7 Å². The Morgan fingerprint density at radius 1 is 1.13 bits per heavy atom. The smallest absolute Gasteiger partial charge is 0.207 e. The summed E-state index contributed by atoms with van der Waals surface area (Å²) in [6.45, 7) is 8.45. The van der Waals surface area contributed by atoms with Crippen LogP contribution in [0.5, 0.6) is 0 Å². The van der Waals surface area contributed by atoms with Crippen molar-refractivity contribution >= 4 is 35.4 Å². The van der Waals surface area contributed by atoms with Crippen molar-refractivity contribution in [1.29, 1.82) is 0 Å². The zero-order valence-corrected chi connectivity index (χ0v) is 19.4. The van der Waals surface area contributed by atoms with Crippen molar-refractivity contribution in [3.63, 3.8) is 0 Å². The minimum absolute atomic E-state index is 0.338. The minimum atomic E-state index is 0.338. The Kier molecular flexibility index (Phi) is 6.60. The second kappa shape index (κ2) is 9.20. The first-order valence-electron chi connectivity index (χ1n) is 10.1. The van der Waals surface area contributed by atoms with Crippen LogP contribution >= 0.6 is 35.4 Å². The fraction of sp³-hybridized carbons (Fsp3) is 0.364. The highest BCUT2D eigenvalue weighted by molar-refractivity contribution is 7.71. The van der Waals surface area contributed by atoms with Crippen LogP contribution in [0.15, 0.2) is 42.5 Å². The fourth-order valence-electron chi connectivity index (χ4n) is 3.78. The Morgan fingerprint density at radius 2 is 1.87 bits per heavy atom. The monoisotopic (exact) mass is 463 g/mol. The van der Waals surface area contributed by atoms with E-state index in [1.165, 1.54) is 10.5 Å². The molecule has 4 rings (SSSR count). The van der Waals surface area contributed by atoms with E-state index in [-0.39, 0.29) is 0 Å². The van der Waals surface area contributed by atoms with E-state index in [0.29, 0.717) is 27.4 Å². The van der Waals surface area contributed by atoms with Gasteiger partial charge in [-0.15, -0.1) is 5.10 Å². The molecule has 0 bridgehead atoms. The zero-order valence-electron chi connectivity index (χ0n) is 17.1. The van der Waals surface area contributed by atoms with E-state index in [1.807, 2.05) is 27.4 Å². The van der Waals surface area contributed by atoms with E-state index in [1.54, 1.807) is 6.07 Å². The summed E-state index contributed by atoms with van der Waals surface area (Å²) < 4.78 is 10.1. The molecule has 1 aliphatic heterocycles. The maximum Gasteiger partial charge on any atom is 0.207 e. The van der Waals surface area contributed by atoms with Gasteiger partial charge in [0.15, 0.2) is 12.5 Å². The molecule has 3 aromatic rings. The van der Waals surface area contributed by atoms with Crippen LogP contribution < -0.4 is 4.90 Å².